The van der Waals surface area contributed by atoms with Gasteiger partial charge in [0.05, 0.1) is 16.7 Å². The summed E-state index contributed by atoms with van der Waals surface area (Å²) >= 11 is 0. The van der Waals surface area contributed by atoms with Crippen LogP contribution in [0.3, 0.4) is 0 Å². The molecule has 1 heterocycles. The van der Waals surface area contributed by atoms with Gasteiger partial charge < -0.3 is 10.3 Å². The number of rotatable bonds is 7. The number of sulfonamides is 1. The first kappa shape index (κ1) is 21.5. The van der Waals surface area contributed by atoms with Crippen molar-refractivity contribution in [2.24, 2.45) is 0 Å². The summed E-state index contributed by atoms with van der Waals surface area (Å²) in [6, 6.07) is 13.6. The molecule has 2 N–H and O–H groups in total. The van der Waals surface area contributed by atoms with Gasteiger partial charge >= 0.3 is 5.69 Å². The van der Waals surface area contributed by atoms with Gasteiger partial charge in [0.15, 0.2) is 0 Å². The zero-order chi connectivity index (χ0) is 21.9. The fourth-order valence-corrected chi connectivity index (χ4v) is 3.77. The van der Waals surface area contributed by atoms with Gasteiger partial charge in [-0.15, -0.1) is 0 Å². The van der Waals surface area contributed by atoms with E-state index in [-0.39, 0.29) is 17.7 Å². The number of carbonyl (C=O) groups is 1. The van der Waals surface area contributed by atoms with Crippen LogP contribution in [0.1, 0.15) is 11.6 Å². The van der Waals surface area contributed by atoms with Gasteiger partial charge in [0, 0.05) is 20.6 Å². The second kappa shape index (κ2) is 8.64. The Hall–Kier alpha value is -3.24. The van der Waals surface area contributed by atoms with Gasteiger partial charge in [0.1, 0.15) is 6.04 Å². The monoisotopic (exact) mass is 430 g/mol. The SMILES string of the molecule is CN(C)S(=O)(=O)CCNC(=O)C(c1ccccc1)n1c(=O)[nH]c2ccccc2c1=O. The summed E-state index contributed by atoms with van der Waals surface area (Å²) in [4.78, 5) is 41.4. The first-order valence-corrected chi connectivity index (χ1v) is 10.8. The van der Waals surface area contributed by atoms with Crippen LogP contribution in [0.2, 0.25) is 0 Å². The number of hydrogen-bond acceptors (Lipinski definition) is 5. The standard InChI is InChI=1S/C20H22N4O5S/c1-23(2)30(28,29)13-12-21-18(25)17(14-8-4-3-5-9-14)24-19(26)15-10-6-7-11-16(15)22-20(24)27/h3-11,17H,12-13H2,1-2H3,(H,21,25)(H,22,27). The van der Waals surface area contributed by atoms with Crippen LogP contribution < -0.4 is 16.6 Å². The highest BCUT2D eigenvalue weighted by molar-refractivity contribution is 7.89. The normalized spacial score (nSPS) is 12.8. The Kier molecular flexibility index (Phi) is 6.18. The van der Waals surface area contributed by atoms with Crippen molar-refractivity contribution in [3.63, 3.8) is 0 Å². The summed E-state index contributed by atoms with van der Waals surface area (Å²) in [7, 11) is -0.710. The lowest BCUT2D eigenvalue weighted by molar-refractivity contribution is -0.123. The maximum Gasteiger partial charge on any atom is 0.329 e. The lowest BCUT2D eigenvalue weighted by Gasteiger charge is -2.20. The van der Waals surface area contributed by atoms with Crippen molar-refractivity contribution in [2.75, 3.05) is 26.4 Å². The Morgan fingerprint density at radius 1 is 1.07 bits per heavy atom. The summed E-state index contributed by atoms with van der Waals surface area (Å²) in [5.41, 5.74) is -0.552. The Balaban J connectivity index is 2.03. The first-order chi connectivity index (χ1) is 14.2. The number of para-hydroxylation sites is 1. The molecule has 0 aliphatic carbocycles. The van der Waals surface area contributed by atoms with E-state index < -0.39 is 33.2 Å². The number of nitrogens with zero attached hydrogens (tertiary/aromatic N) is 2. The molecule has 0 radical (unpaired) electrons. The molecule has 1 unspecified atom stereocenters. The summed E-state index contributed by atoms with van der Waals surface area (Å²) < 4.78 is 25.8. The average Bonchev–Trinajstić information content (AvgIpc) is 2.71. The number of carbonyl (C=O) groups excluding carboxylic acids is 1. The van der Waals surface area contributed by atoms with E-state index in [4.69, 9.17) is 0 Å². The van der Waals surface area contributed by atoms with Crippen LogP contribution in [0, 0.1) is 0 Å². The van der Waals surface area contributed by atoms with Gasteiger partial charge in [0.2, 0.25) is 15.9 Å². The molecule has 3 rings (SSSR count). The number of nitrogens with one attached hydrogen (secondary N) is 2. The quantitative estimate of drug-likeness (QED) is 0.558. The average molecular weight is 430 g/mol. The molecule has 0 bridgehead atoms. The molecule has 0 aliphatic heterocycles. The maximum absolute atomic E-state index is 13.1. The van der Waals surface area contributed by atoms with Crippen LogP contribution in [-0.4, -0.2) is 54.6 Å². The van der Waals surface area contributed by atoms with Crippen LogP contribution in [0.15, 0.2) is 64.2 Å². The number of benzene rings is 2. The third-order valence-corrected chi connectivity index (χ3v) is 6.51. The topological polar surface area (TPSA) is 121 Å². The first-order valence-electron chi connectivity index (χ1n) is 9.19. The molecule has 0 saturated carbocycles. The van der Waals surface area contributed by atoms with Gasteiger partial charge in [-0.1, -0.05) is 42.5 Å². The van der Waals surface area contributed by atoms with Gasteiger partial charge in [-0.2, -0.15) is 0 Å². The zero-order valence-corrected chi connectivity index (χ0v) is 17.3. The van der Waals surface area contributed by atoms with Crippen LogP contribution in [-0.2, 0) is 14.8 Å². The van der Waals surface area contributed by atoms with Crippen molar-refractivity contribution in [1.82, 2.24) is 19.2 Å². The minimum absolute atomic E-state index is 0.164. The highest BCUT2D eigenvalue weighted by atomic mass is 32.2. The Morgan fingerprint density at radius 2 is 1.70 bits per heavy atom. The van der Waals surface area contributed by atoms with Gasteiger partial charge in [-0.05, 0) is 17.7 Å². The third kappa shape index (κ3) is 4.34. The summed E-state index contributed by atoms with van der Waals surface area (Å²) in [6.45, 7) is -0.164. The summed E-state index contributed by atoms with van der Waals surface area (Å²) in [5, 5.41) is 2.80. The van der Waals surface area contributed by atoms with E-state index in [1.165, 1.54) is 14.1 Å². The van der Waals surface area contributed by atoms with Crippen LogP contribution in [0.4, 0.5) is 0 Å². The van der Waals surface area contributed by atoms with Gasteiger partial charge in [-0.3, -0.25) is 9.59 Å². The van der Waals surface area contributed by atoms with Crippen molar-refractivity contribution in [2.45, 2.75) is 6.04 Å². The molecule has 0 fully saturated rings. The summed E-state index contributed by atoms with van der Waals surface area (Å²) in [6.07, 6.45) is 0. The molecule has 1 aromatic heterocycles. The van der Waals surface area contributed by atoms with Gasteiger partial charge in [-0.25, -0.2) is 22.1 Å². The van der Waals surface area contributed by atoms with Crippen molar-refractivity contribution >= 4 is 26.8 Å². The van der Waals surface area contributed by atoms with Crippen molar-refractivity contribution in [3.05, 3.63) is 81.0 Å². The van der Waals surface area contributed by atoms with Crippen molar-refractivity contribution in [3.8, 4) is 0 Å². The third-order valence-electron chi connectivity index (χ3n) is 4.67. The zero-order valence-electron chi connectivity index (χ0n) is 16.5. The Morgan fingerprint density at radius 3 is 2.37 bits per heavy atom. The predicted molar refractivity (Wildman–Crippen MR) is 114 cm³/mol. The molecule has 0 spiro atoms. The fourth-order valence-electron chi connectivity index (χ4n) is 3.05. The van der Waals surface area contributed by atoms with E-state index in [0.717, 1.165) is 8.87 Å². The number of aromatic nitrogens is 2. The van der Waals surface area contributed by atoms with Gasteiger partial charge in [0.25, 0.3) is 5.56 Å². The molecule has 1 atom stereocenters. The largest absolute Gasteiger partial charge is 0.353 e. The van der Waals surface area contributed by atoms with E-state index in [1.807, 2.05) is 0 Å². The molecule has 0 aliphatic rings. The molecule has 158 valence electrons. The molecule has 3 aromatic rings. The van der Waals surface area contributed by atoms with E-state index in [1.54, 1.807) is 54.6 Å². The number of aromatic amines is 1. The lowest BCUT2D eigenvalue weighted by Crippen LogP contribution is -2.46. The molecule has 10 heteroatoms. The molecule has 30 heavy (non-hydrogen) atoms. The summed E-state index contributed by atoms with van der Waals surface area (Å²) in [5.74, 6) is -0.964. The molecule has 1 amide bonds. The Bertz CT molecular complexity index is 1280. The van der Waals surface area contributed by atoms with Crippen LogP contribution in [0.25, 0.3) is 10.9 Å². The van der Waals surface area contributed by atoms with Crippen LogP contribution in [0.5, 0.6) is 0 Å². The number of hydrogen-bond donors (Lipinski definition) is 2. The van der Waals surface area contributed by atoms with Crippen LogP contribution >= 0.6 is 0 Å². The number of fused-ring (bicyclic) bond motifs is 1. The molecule has 2 aromatic carbocycles. The predicted octanol–water partition coefficient (Wildman–Crippen LogP) is 0.287. The smallest absolute Gasteiger partial charge is 0.329 e. The van der Waals surface area contributed by atoms with E-state index in [9.17, 15) is 22.8 Å². The van der Waals surface area contributed by atoms with E-state index >= 15 is 0 Å². The maximum atomic E-state index is 13.1. The lowest BCUT2D eigenvalue weighted by atomic mass is 10.1. The minimum atomic E-state index is -3.51. The minimum Gasteiger partial charge on any atom is -0.353 e. The molecule has 9 nitrogen and oxygen atoms in total. The number of amides is 1. The van der Waals surface area contributed by atoms with E-state index in [0.29, 0.717) is 11.1 Å². The molecule has 0 saturated heterocycles. The second-order valence-electron chi connectivity index (χ2n) is 6.85. The number of H-pyrrole nitrogens is 1. The molecular weight excluding hydrogens is 408 g/mol. The second-order valence-corrected chi connectivity index (χ2v) is 9.16. The Labute approximate surface area is 173 Å². The fraction of sp³-hybridized carbons (Fsp3) is 0.250. The van der Waals surface area contributed by atoms with Crippen molar-refractivity contribution < 1.29 is 13.2 Å². The highest BCUT2D eigenvalue weighted by Gasteiger charge is 2.27. The van der Waals surface area contributed by atoms with Crippen molar-refractivity contribution in [1.29, 1.82) is 0 Å². The van der Waals surface area contributed by atoms with E-state index in [2.05, 4.69) is 10.3 Å². The molecular formula is C20H22N4O5S. The highest BCUT2D eigenvalue weighted by Crippen LogP contribution is 2.16.